The third-order valence-electron chi connectivity index (χ3n) is 7.23. The van der Waals surface area contributed by atoms with Crippen LogP contribution in [0.25, 0.3) is 0 Å². The van der Waals surface area contributed by atoms with Crippen molar-refractivity contribution in [2.45, 2.75) is 104 Å². The maximum Gasteiger partial charge on any atom is 0.239 e. The van der Waals surface area contributed by atoms with Gasteiger partial charge in [0.15, 0.2) is 0 Å². The second-order valence-corrected chi connectivity index (χ2v) is 10.4. The first-order chi connectivity index (χ1) is 18.7. The quantitative estimate of drug-likeness (QED) is 0.409. The zero-order valence-corrected chi connectivity index (χ0v) is 24.7. The smallest absolute Gasteiger partial charge is 0.239 e. The Labute approximate surface area is 235 Å². The van der Waals surface area contributed by atoms with Crippen LogP contribution in [0.5, 0.6) is 5.75 Å². The number of aryl methyl sites for hydroxylation is 1. The number of benzene rings is 1. The van der Waals surface area contributed by atoms with Crippen LogP contribution in [0, 0.1) is 0 Å². The van der Waals surface area contributed by atoms with E-state index in [-0.39, 0.29) is 17.9 Å². The number of hydrogen-bond acceptors (Lipinski definition) is 6. The Morgan fingerprint density at radius 2 is 1.92 bits per heavy atom. The molecule has 39 heavy (non-hydrogen) atoms. The van der Waals surface area contributed by atoms with E-state index in [0.717, 1.165) is 42.6 Å². The fourth-order valence-electron chi connectivity index (χ4n) is 4.63. The van der Waals surface area contributed by atoms with Crippen LogP contribution in [0.2, 0.25) is 0 Å². The van der Waals surface area contributed by atoms with Crippen molar-refractivity contribution in [3.8, 4) is 5.75 Å². The molecule has 1 aromatic rings. The number of nitrogens with zero attached hydrogens (tertiary/aromatic N) is 1. The Morgan fingerprint density at radius 3 is 2.62 bits per heavy atom. The fraction of sp³-hybridized carbons (Fsp3) is 0.613. The number of aliphatic hydroxyl groups is 1. The molecule has 218 valence electrons. The van der Waals surface area contributed by atoms with Gasteiger partial charge in [-0.05, 0) is 64.5 Å². The Morgan fingerprint density at radius 1 is 1.18 bits per heavy atom. The average molecular weight is 543 g/mol. The van der Waals surface area contributed by atoms with Crippen molar-refractivity contribution in [2.75, 3.05) is 20.1 Å². The summed E-state index contributed by atoms with van der Waals surface area (Å²) in [5.74, 6) is 0.552. The topological polar surface area (TPSA) is 103 Å². The lowest BCUT2D eigenvalue weighted by Crippen LogP contribution is -2.58. The van der Waals surface area contributed by atoms with Crippen LogP contribution >= 0.6 is 0 Å². The molecule has 0 aromatic heterocycles. The number of allylic oxidation sites excluding steroid dienone is 3. The number of carbonyl (C=O) groups is 2. The first-order valence-electron chi connectivity index (χ1n) is 14.5. The molecule has 1 aliphatic rings. The number of amides is 2. The third-order valence-corrected chi connectivity index (χ3v) is 7.23. The summed E-state index contributed by atoms with van der Waals surface area (Å²) in [5.41, 5.74) is 2.09. The largest absolute Gasteiger partial charge is 0.489 e. The van der Waals surface area contributed by atoms with Crippen molar-refractivity contribution in [1.82, 2.24) is 20.9 Å². The number of para-hydroxylation sites is 1. The van der Waals surface area contributed by atoms with Gasteiger partial charge in [0, 0.05) is 20.1 Å². The van der Waals surface area contributed by atoms with Gasteiger partial charge in [-0.2, -0.15) is 0 Å². The molecule has 8 heteroatoms. The number of hydrogen-bond donors (Lipinski definition) is 4. The van der Waals surface area contributed by atoms with E-state index in [4.69, 9.17) is 4.74 Å². The van der Waals surface area contributed by atoms with E-state index < -0.39 is 24.4 Å². The van der Waals surface area contributed by atoms with Gasteiger partial charge in [-0.3, -0.25) is 14.9 Å². The van der Waals surface area contributed by atoms with Gasteiger partial charge in [-0.1, -0.05) is 62.3 Å². The van der Waals surface area contributed by atoms with Crippen molar-refractivity contribution in [3.63, 3.8) is 0 Å². The van der Waals surface area contributed by atoms with Gasteiger partial charge in [-0.25, -0.2) is 0 Å². The van der Waals surface area contributed by atoms with Crippen LogP contribution in [-0.4, -0.2) is 72.4 Å². The Bertz CT molecular complexity index is 964. The maximum atomic E-state index is 13.5. The van der Waals surface area contributed by atoms with Gasteiger partial charge >= 0.3 is 0 Å². The van der Waals surface area contributed by atoms with Gasteiger partial charge in [0.2, 0.25) is 11.8 Å². The van der Waals surface area contributed by atoms with E-state index >= 15 is 0 Å². The van der Waals surface area contributed by atoms with E-state index in [2.05, 4.69) is 35.0 Å². The average Bonchev–Trinajstić information content (AvgIpc) is 2.93. The molecule has 0 saturated heterocycles. The molecule has 0 saturated carbocycles. The van der Waals surface area contributed by atoms with Crippen molar-refractivity contribution in [2.24, 2.45) is 0 Å². The number of carbonyl (C=O) groups excluding carboxylic acids is 2. The molecular weight excluding hydrogens is 492 g/mol. The normalized spacial score (nSPS) is 26.9. The Kier molecular flexibility index (Phi) is 14.3. The zero-order valence-electron chi connectivity index (χ0n) is 24.7. The number of fused-ring (bicyclic) bond motifs is 1. The second kappa shape index (κ2) is 17.1. The van der Waals surface area contributed by atoms with Gasteiger partial charge in [0.05, 0.1) is 18.1 Å². The number of ether oxygens (including phenoxy) is 1. The Balaban J connectivity index is 2.34. The number of nitrogens with one attached hydrogen (secondary N) is 3. The first-order valence-corrected chi connectivity index (χ1v) is 14.5. The summed E-state index contributed by atoms with van der Waals surface area (Å²) >= 11 is 0. The number of likely N-dealkylation sites (N-methyl/N-ethyl adjacent to an activating group) is 1. The summed E-state index contributed by atoms with van der Waals surface area (Å²) in [6, 6.07) is 6.37. The highest BCUT2D eigenvalue weighted by atomic mass is 16.5. The molecule has 2 amide bonds. The lowest BCUT2D eigenvalue weighted by atomic mass is 10.0. The second-order valence-electron chi connectivity index (χ2n) is 10.4. The van der Waals surface area contributed by atoms with Crippen LogP contribution in [0.3, 0.4) is 0 Å². The predicted octanol–water partition coefficient (Wildman–Crippen LogP) is 3.70. The standard InChI is InChI=1S/C31H50N4O4/c1-7-10-15-24(9-3)20-27-30(37)32-19-13-17-25-16-11-12-18-28(25)39-22(4)21-33-26(14-8-2)31(38)35(6)23(5)29(36)34-27/h9-12,15-16,18,22-23,26-27,29,33-34,36H,7-8,13-14,17,19-21H2,1-6H3,(H,32,37)/b15-10-,24-9+/t22-,23-,26+,27-,29?/m1/s1. The number of rotatable bonds is 6. The lowest BCUT2D eigenvalue weighted by Gasteiger charge is -2.34. The minimum Gasteiger partial charge on any atom is -0.489 e. The highest BCUT2D eigenvalue weighted by Gasteiger charge is 2.31. The van der Waals surface area contributed by atoms with Gasteiger partial charge in [0.1, 0.15) is 18.1 Å². The van der Waals surface area contributed by atoms with E-state index in [1.165, 1.54) is 0 Å². The molecular formula is C31H50N4O4. The van der Waals surface area contributed by atoms with E-state index in [0.29, 0.717) is 25.9 Å². The molecule has 5 atom stereocenters. The summed E-state index contributed by atoms with van der Waals surface area (Å²) in [5, 5.41) is 20.7. The van der Waals surface area contributed by atoms with Crippen LogP contribution in [-0.2, 0) is 16.0 Å². The zero-order chi connectivity index (χ0) is 28.8. The van der Waals surface area contributed by atoms with Crippen LogP contribution in [0.4, 0.5) is 0 Å². The maximum absolute atomic E-state index is 13.5. The molecule has 1 aliphatic heterocycles. The summed E-state index contributed by atoms with van der Waals surface area (Å²) in [7, 11) is 1.70. The first kappa shape index (κ1) is 32.5. The summed E-state index contributed by atoms with van der Waals surface area (Å²) in [4.78, 5) is 28.3. The van der Waals surface area contributed by atoms with Crippen molar-refractivity contribution < 1.29 is 19.4 Å². The summed E-state index contributed by atoms with van der Waals surface area (Å²) < 4.78 is 6.26. The monoisotopic (exact) mass is 542 g/mol. The SMILES string of the molecule is C/C=C(\C=C/CC)C[C@H]1NC(O)[C@@H](C)N(C)C(=O)[C@H](CCC)NC[C@@H](C)Oc2ccccc2CCCNC1=O. The van der Waals surface area contributed by atoms with E-state index in [9.17, 15) is 14.7 Å². The molecule has 0 fully saturated rings. The number of aliphatic hydroxyl groups excluding tert-OH is 1. The summed E-state index contributed by atoms with van der Waals surface area (Å²) in [6.45, 7) is 10.9. The molecule has 1 aromatic carbocycles. The van der Waals surface area contributed by atoms with Gasteiger partial charge < -0.3 is 25.4 Å². The van der Waals surface area contributed by atoms with Crippen LogP contribution in [0.15, 0.2) is 48.1 Å². The molecule has 8 nitrogen and oxygen atoms in total. The third kappa shape index (κ3) is 10.4. The van der Waals surface area contributed by atoms with Crippen molar-refractivity contribution >= 4 is 11.8 Å². The minimum atomic E-state index is -1.08. The molecule has 0 radical (unpaired) electrons. The van der Waals surface area contributed by atoms with Crippen molar-refractivity contribution in [1.29, 1.82) is 0 Å². The van der Waals surface area contributed by atoms with Gasteiger partial charge in [-0.15, -0.1) is 0 Å². The molecule has 1 unspecified atom stereocenters. The molecule has 0 bridgehead atoms. The summed E-state index contributed by atoms with van der Waals surface area (Å²) in [6.07, 6.45) is 9.17. The van der Waals surface area contributed by atoms with Crippen molar-refractivity contribution in [3.05, 3.63) is 53.6 Å². The molecule has 1 heterocycles. The minimum absolute atomic E-state index is 0.0973. The van der Waals surface area contributed by atoms with Crippen LogP contribution < -0.4 is 20.7 Å². The molecule has 2 rings (SSSR count). The molecule has 4 N–H and O–H groups in total. The predicted molar refractivity (Wildman–Crippen MR) is 158 cm³/mol. The molecule has 0 spiro atoms. The molecule has 0 aliphatic carbocycles. The fourth-order valence-corrected chi connectivity index (χ4v) is 4.63. The van der Waals surface area contributed by atoms with E-state index in [1.807, 2.05) is 51.1 Å². The highest BCUT2D eigenvalue weighted by Crippen LogP contribution is 2.21. The van der Waals surface area contributed by atoms with Gasteiger partial charge in [0.25, 0.3) is 0 Å². The lowest BCUT2D eigenvalue weighted by molar-refractivity contribution is -0.137. The van der Waals surface area contributed by atoms with E-state index in [1.54, 1.807) is 18.9 Å². The van der Waals surface area contributed by atoms with Crippen LogP contribution in [0.1, 0.15) is 72.3 Å². The Hall–Kier alpha value is -2.68. The highest BCUT2D eigenvalue weighted by molar-refractivity contribution is 5.83.